The Bertz CT molecular complexity index is 676. The monoisotopic (exact) mass is 331 g/mol. The number of fused-ring (bicyclic) bond motifs is 1. The van der Waals surface area contributed by atoms with Gasteiger partial charge in [0.2, 0.25) is 0 Å². The standard InChI is InChI=1S/C18H21NO5/c1-12(20)13-5-6-15(17-14(21)7-10-23-18(13)17)24-11-16(22)19-8-3-2-4-9-19/h5-6H,2-4,7-11H2,1H3. The van der Waals surface area contributed by atoms with Gasteiger partial charge >= 0.3 is 0 Å². The van der Waals surface area contributed by atoms with E-state index in [0.717, 1.165) is 32.4 Å². The van der Waals surface area contributed by atoms with E-state index in [1.807, 2.05) is 0 Å². The Morgan fingerprint density at radius 1 is 1.21 bits per heavy atom. The summed E-state index contributed by atoms with van der Waals surface area (Å²) in [6.07, 6.45) is 3.42. The van der Waals surface area contributed by atoms with Crippen molar-refractivity contribution in [2.75, 3.05) is 26.3 Å². The summed E-state index contributed by atoms with van der Waals surface area (Å²) in [5.41, 5.74) is 0.646. The third kappa shape index (κ3) is 3.27. The van der Waals surface area contributed by atoms with Gasteiger partial charge in [-0.25, -0.2) is 0 Å². The number of carbonyl (C=O) groups excluding carboxylic acids is 3. The van der Waals surface area contributed by atoms with Crippen molar-refractivity contribution < 1.29 is 23.9 Å². The Labute approximate surface area is 140 Å². The summed E-state index contributed by atoms with van der Waals surface area (Å²) in [5.74, 6) is 0.215. The van der Waals surface area contributed by atoms with Crippen LogP contribution >= 0.6 is 0 Å². The lowest BCUT2D eigenvalue weighted by Gasteiger charge is -2.27. The average Bonchev–Trinajstić information content (AvgIpc) is 2.60. The highest BCUT2D eigenvalue weighted by molar-refractivity contribution is 6.07. The van der Waals surface area contributed by atoms with Crippen molar-refractivity contribution in [3.63, 3.8) is 0 Å². The number of piperidine rings is 1. The van der Waals surface area contributed by atoms with Gasteiger partial charge in [0.15, 0.2) is 18.2 Å². The molecular formula is C18H21NO5. The van der Waals surface area contributed by atoms with Crippen LogP contribution in [0.1, 0.15) is 53.3 Å². The van der Waals surface area contributed by atoms with Crippen molar-refractivity contribution in [2.24, 2.45) is 0 Å². The fourth-order valence-electron chi connectivity index (χ4n) is 3.12. The molecule has 2 aliphatic rings. The second kappa shape index (κ2) is 7.03. The van der Waals surface area contributed by atoms with E-state index in [1.54, 1.807) is 17.0 Å². The Morgan fingerprint density at radius 3 is 2.67 bits per heavy atom. The third-order valence-electron chi connectivity index (χ3n) is 4.41. The van der Waals surface area contributed by atoms with Crippen LogP contribution in [0.15, 0.2) is 12.1 Å². The molecule has 1 aromatic rings. The molecule has 128 valence electrons. The van der Waals surface area contributed by atoms with Gasteiger partial charge in [0.1, 0.15) is 17.1 Å². The van der Waals surface area contributed by atoms with Crippen LogP contribution in [0.4, 0.5) is 0 Å². The van der Waals surface area contributed by atoms with E-state index in [-0.39, 0.29) is 48.4 Å². The zero-order valence-electron chi connectivity index (χ0n) is 13.8. The molecule has 0 spiro atoms. The molecule has 0 aliphatic carbocycles. The zero-order chi connectivity index (χ0) is 17.1. The van der Waals surface area contributed by atoms with Crippen LogP contribution < -0.4 is 9.47 Å². The number of ether oxygens (including phenoxy) is 2. The molecule has 0 radical (unpaired) electrons. The fraction of sp³-hybridized carbons (Fsp3) is 0.500. The Morgan fingerprint density at radius 2 is 1.96 bits per heavy atom. The van der Waals surface area contributed by atoms with Crippen LogP contribution in [-0.2, 0) is 4.79 Å². The van der Waals surface area contributed by atoms with Crippen molar-refractivity contribution in [3.05, 3.63) is 23.3 Å². The second-order valence-corrected chi connectivity index (χ2v) is 6.12. The molecule has 0 N–H and O–H groups in total. The highest BCUT2D eigenvalue weighted by Gasteiger charge is 2.28. The number of Topliss-reactive ketones (excluding diaryl/α,β-unsaturated/α-hetero) is 2. The fourth-order valence-corrected chi connectivity index (χ4v) is 3.12. The molecule has 0 bridgehead atoms. The van der Waals surface area contributed by atoms with Gasteiger partial charge in [-0.3, -0.25) is 14.4 Å². The van der Waals surface area contributed by atoms with Gasteiger partial charge in [0.05, 0.1) is 12.2 Å². The van der Waals surface area contributed by atoms with Gasteiger partial charge < -0.3 is 14.4 Å². The molecule has 1 saturated heterocycles. The molecular weight excluding hydrogens is 310 g/mol. The first-order chi connectivity index (χ1) is 11.6. The first-order valence-corrected chi connectivity index (χ1v) is 8.32. The van der Waals surface area contributed by atoms with Gasteiger partial charge in [0.25, 0.3) is 5.91 Å². The van der Waals surface area contributed by atoms with Crippen molar-refractivity contribution in [1.82, 2.24) is 4.90 Å². The summed E-state index contributed by atoms with van der Waals surface area (Å²) in [4.78, 5) is 38.0. The third-order valence-corrected chi connectivity index (χ3v) is 4.41. The van der Waals surface area contributed by atoms with E-state index in [1.165, 1.54) is 6.92 Å². The van der Waals surface area contributed by atoms with E-state index < -0.39 is 0 Å². The maximum atomic E-state index is 12.3. The van der Waals surface area contributed by atoms with Gasteiger partial charge in [-0.05, 0) is 38.3 Å². The highest BCUT2D eigenvalue weighted by Crippen LogP contribution is 2.36. The SMILES string of the molecule is CC(=O)c1ccc(OCC(=O)N2CCCCC2)c2c1OCCC2=O. The van der Waals surface area contributed by atoms with Crippen molar-refractivity contribution in [1.29, 1.82) is 0 Å². The first kappa shape index (κ1) is 16.5. The Kier molecular flexibility index (Phi) is 4.83. The summed E-state index contributed by atoms with van der Waals surface area (Å²) in [5, 5.41) is 0. The molecule has 24 heavy (non-hydrogen) atoms. The molecule has 1 fully saturated rings. The first-order valence-electron chi connectivity index (χ1n) is 8.32. The number of amides is 1. The number of carbonyl (C=O) groups is 3. The summed E-state index contributed by atoms with van der Waals surface area (Å²) < 4.78 is 11.2. The van der Waals surface area contributed by atoms with Crippen LogP contribution in [0.2, 0.25) is 0 Å². The minimum atomic E-state index is -0.170. The molecule has 6 heteroatoms. The lowest BCUT2D eigenvalue weighted by molar-refractivity contribution is -0.134. The molecule has 6 nitrogen and oxygen atoms in total. The van der Waals surface area contributed by atoms with E-state index in [4.69, 9.17) is 9.47 Å². The lowest BCUT2D eigenvalue weighted by atomic mass is 9.98. The highest BCUT2D eigenvalue weighted by atomic mass is 16.5. The summed E-state index contributed by atoms with van der Waals surface area (Å²) in [6.45, 7) is 3.08. The Hall–Kier alpha value is -2.37. The van der Waals surface area contributed by atoms with Crippen molar-refractivity contribution in [2.45, 2.75) is 32.6 Å². The van der Waals surface area contributed by atoms with E-state index in [9.17, 15) is 14.4 Å². The van der Waals surface area contributed by atoms with Crippen LogP contribution in [0, 0.1) is 0 Å². The minimum Gasteiger partial charge on any atom is -0.491 e. The predicted octanol–water partition coefficient (Wildman–Crippen LogP) is 2.25. The van der Waals surface area contributed by atoms with E-state index in [0.29, 0.717) is 11.3 Å². The van der Waals surface area contributed by atoms with Crippen molar-refractivity contribution >= 4 is 17.5 Å². The number of ketones is 2. The van der Waals surface area contributed by atoms with Gasteiger partial charge in [0, 0.05) is 19.5 Å². The summed E-state index contributed by atoms with van der Waals surface area (Å²) in [6, 6.07) is 3.16. The largest absolute Gasteiger partial charge is 0.491 e. The van der Waals surface area contributed by atoms with Crippen LogP contribution in [-0.4, -0.2) is 48.7 Å². The second-order valence-electron chi connectivity index (χ2n) is 6.12. The van der Waals surface area contributed by atoms with Gasteiger partial charge in [-0.15, -0.1) is 0 Å². The minimum absolute atomic E-state index is 0.0803. The maximum absolute atomic E-state index is 12.3. The Balaban J connectivity index is 1.79. The molecule has 2 aliphatic heterocycles. The maximum Gasteiger partial charge on any atom is 0.260 e. The summed E-state index contributed by atoms with van der Waals surface area (Å²) in [7, 11) is 0. The van der Waals surface area contributed by atoms with E-state index >= 15 is 0 Å². The molecule has 2 heterocycles. The van der Waals surface area contributed by atoms with Crippen LogP contribution in [0.5, 0.6) is 11.5 Å². The quantitative estimate of drug-likeness (QED) is 0.791. The average molecular weight is 331 g/mol. The van der Waals surface area contributed by atoms with Gasteiger partial charge in [-0.2, -0.15) is 0 Å². The lowest BCUT2D eigenvalue weighted by Crippen LogP contribution is -2.38. The van der Waals surface area contributed by atoms with Crippen LogP contribution in [0.25, 0.3) is 0 Å². The molecule has 3 rings (SSSR count). The summed E-state index contributed by atoms with van der Waals surface area (Å²) >= 11 is 0. The zero-order valence-corrected chi connectivity index (χ0v) is 13.8. The number of hydrogen-bond donors (Lipinski definition) is 0. The predicted molar refractivity (Wildman–Crippen MR) is 86.8 cm³/mol. The molecule has 0 saturated carbocycles. The molecule has 0 aromatic heterocycles. The molecule has 1 amide bonds. The molecule has 0 atom stereocenters. The van der Waals surface area contributed by atoms with E-state index in [2.05, 4.69) is 0 Å². The van der Waals surface area contributed by atoms with Gasteiger partial charge in [-0.1, -0.05) is 0 Å². The van der Waals surface area contributed by atoms with Crippen molar-refractivity contribution in [3.8, 4) is 11.5 Å². The normalized spacial score (nSPS) is 17.0. The topological polar surface area (TPSA) is 72.9 Å². The number of rotatable bonds is 4. The smallest absolute Gasteiger partial charge is 0.260 e. The number of nitrogens with zero attached hydrogens (tertiary/aromatic N) is 1. The number of hydrogen-bond acceptors (Lipinski definition) is 5. The molecule has 1 aromatic carbocycles. The van der Waals surface area contributed by atoms with Crippen LogP contribution in [0.3, 0.4) is 0 Å². The number of benzene rings is 1. The molecule has 0 unspecified atom stereocenters. The number of likely N-dealkylation sites (tertiary alicyclic amines) is 1.